The molecular weight excluding hydrogens is 280 g/mol. The number of carbonyl (C=O) groups excluding carboxylic acids is 1. The number of amides is 1. The number of hydrogen-bond acceptors (Lipinski definition) is 1. The predicted molar refractivity (Wildman–Crippen MR) is 87.1 cm³/mol. The zero-order valence-electron chi connectivity index (χ0n) is 12.1. The second kappa shape index (κ2) is 6.27. The van der Waals surface area contributed by atoms with Crippen LogP contribution in [0, 0.1) is 5.92 Å². The first-order valence-corrected chi connectivity index (χ1v) is 8.02. The van der Waals surface area contributed by atoms with E-state index in [0.717, 1.165) is 44.2 Å². The van der Waals surface area contributed by atoms with Crippen LogP contribution in [-0.2, 0) is 11.2 Å². The van der Waals surface area contributed by atoms with Crippen molar-refractivity contribution in [3.63, 3.8) is 0 Å². The molecule has 0 aromatic heterocycles. The van der Waals surface area contributed by atoms with Gasteiger partial charge in [0.05, 0.1) is 0 Å². The van der Waals surface area contributed by atoms with E-state index in [1.807, 2.05) is 12.1 Å². The Bertz CT molecular complexity index is 572. The van der Waals surface area contributed by atoms with Crippen molar-refractivity contribution in [1.29, 1.82) is 0 Å². The summed E-state index contributed by atoms with van der Waals surface area (Å²) in [6.07, 6.45) is 9.24. The Morgan fingerprint density at radius 3 is 2.86 bits per heavy atom. The smallest absolute Gasteiger partial charge is 0.226 e. The Morgan fingerprint density at radius 2 is 2.14 bits per heavy atom. The molecule has 1 fully saturated rings. The second-order valence-corrected chi connectivity index (χ2v) is 6.42. The van der Waals surface area contributed by atoms with Crippen LogP contribution in [0.2, 0.25) is 5.02 Å². The van der Waals surface area contributed by atoms with Gasteiger partial charge >= 0.3 is 0 Å². The molecule has 1 aliphatic carbocycles. The molecule has 0 spiro atoms. The summed E-state index contributed by atoms with van der Waals surface area (Å²) in [4.78, 5) is 14.7. The minimum Gasteiger partial charge on any atom is -0.339 e. The van der Waals surface area contributed by atoms with Crippen LogP contribution >= 0.6 is 11.6 Å². The van der Waals surface area contributed by atoms with Gasteiger partial charge in [0.2, 0.25) is 5.91 Å². The molecule has 1 aromatic carbocycles. The summed E-state index contributed by atoms with van der Waals surface area (Å²) in [5.41, 5.74) is 1.69. The van der Waals surface area contributed by atoms with Crippen molar-refractivity contribution in [2.24, 2.45) is 5.92 Å². The van der Waals surface area contributed by atoms with Crippen molar-refractivity contribution in [3.05, 3.63) is 40.9 Å². The summed E-state index contributed by atoms with van der Waals surface area (Å²) < 4.78 is 0. The molecule has 1 aliphatic heterocycles. The lowest BCUT2D eigenvalue weighted by atomic mass is 9.92. The molecule has 21 heavy (non-hydrogen) atoms. The fraction of sp³-hybridized carbons (Fsp3) is 0.471. The van der Waals surface area contributed by atoms with Gasteiger partial charge in [0.15, 0.2) is 0 Å². The summed E-state index contributed by atoms with van der Waals surface area (Å²) in [5.74, 6) is 0.361. The Labute approximate surface area is 132 Å². The molecule has 1 amide bonds. The van der Waals surface area contributed by atoms with E-state index in [4.69, 9.17) is 19.4 Å². The number of allylic oxidation sites excluding steroid dienone is 1. The molecule has 0 N–H and O–H groups in total. The molecule has 3 rings (SSSR count). The average Bonchev–Trinajstić information content (AvgIpc) is 2.84. The molecule has 2 nitrogen and oxygen atoms in total. The van der Waals surface area contributed by atoms with Crippen LogP contribution in [-0.4, -0.2) is 31.2 Å². The Kier molecular flexibility index (Phi) is 4.39. The maximum absolute atomic E-state index is 12.6. The quantitative estimate of drug-likeness (QED) is 0.621. The number of likely N-dealkylation sites (tertiary alicyclic amines) is 1. The van der Waals surface area contributed by atoms with Crippen LogP contribution in [0.1, 0.15) is 31.2 Å². The monoisotopic (exact) mass is 299 g/mol. The largest absolute Gasteiger partial charge is 0.339 e. The van der Waals surface area contributed by atoms with Crippen molar-refractivity contribution >= 4 is 30.8 Å². The van der Waals surface area contributed by atoms with Gasteiger partial charge in [0.1, 0.15) is 7.85 Å². The highest BCUT2D eigenvalue weighted by atomic mass is 35.5. The van der Waals surface area contributed by atoms with Crippen LogP contribution in [0.25, 0.3) is 0 Å². The fourth-order valence-electron chi connectivity index (χ4n) is 3.37. The van der Waals surface area contributed by atoms with E-state index in [1.165, 1.54) is 0 Å². The summed E-state index contributed by atoms with van der Waals surface area (Å²) in [6, 6.07) is 5.95. The summed E-state index contributed by atoms with van der Waals surface area (Å²) in [5, 5.41) is 0.668. The highest BCUT2D eigenvalue weighted by Crippen LogP contribution is 2.29. The van der Waals surface area contributed by atoms with E-state index in [2.05, 4.69) is 17.1 Å². The van der Waals surface area contributed by atoms with Crippen molar-refractivity contribution < 1.29 is 4.79 Å². The minimum atomic E-state index is 0.0667. The molecule has 1 heterocycles. The van der Waals surface area contributed by atoms with Crippen molar-refractivity contribution in [2.75, 3.05) is 6.54 Å². The summed E-state index contributed by atoms with van der Waals surface area (Å²) in [6.45, 7) is 0.884. The third-order valence-corrected chi connectivity index (χ3v) is 4.93. The van der Waals surface area contributed by atoms with Gasteiger partial charge in [-0.1, -0.05) is 47.4 Å². The molecule has 4 heteroatoms. The third-order valence-electron chi connectivity index (χ3n) is 4.58. The highest BCUT2D eigenvalue weighted by Gasteiger charge is 2.35. The predicted octanol–water partition coefficient (Wildman–Crippen LogP) is 2.63. The van der Waals surface area contributed by atoms with Gasteiger partial charge in [-0.25, -0.2) is 0 Å². The molecule has 0 bridgehead atoms. The first kappa shape index (κ1) is 14.7. The fourth-order valence-corrected chi connectivity index (χ4v) is 3.64. The van der Waals surface area contributed by atoms with Gasteiger partial charge in [0, 0.05) is 23.5 Å². The molecule has 0 saturated carbocycles. The van der Waals surface area contributed by atoms with E-state index >= 15 is 0 Å². The van der Waals surface area contributed by atoms with Crippen LogP contribution in [0.15, 0.2) is 30.4 Å². The topological polar surface area (TPSA) is 20.3 Å². The van der Waals surface area contributed by atoms with Crippen molar-refractivity contribution in [2.45, 2.75) is 38.1 Å². The van der Waals surface area contributed by atoms with E-state index in [1.54, 1.807) is 6.07 Å². The molecule has 2 atom stereocenters. The lowest BCUT2D eigenvalue weighted by Crippen LogP contribution is -2.38. The van der Waals surface area contributed by atoms with Crippen LogP contribution in [0.3, 0.4) is 0 Å². The van der Waals surface area contributed by atoms with Gasteiger partial charge in [-0.05, 0) is 37.7 Å². The van der Waals surface area contributed by atoms with Gasteiger partial charge in [-0.2, -0.15) is 0 Å². The lowest BCUT2D eigenvalue weighted by Gasteiger charge is -2.29. The van der Waals surface area contributed by atoms with E-state index in [9.17, 15) is 4.79 Å². The first-order valence-electron chi connectivity index (χ1n) is 7.64. The third kappa shape index (κ3) is 3.18. The Balaban J connectivity index is 1.67. The molecule has 2 radical (unpaired) electrons. The Morgan fingerprint density at radius 1 is 1.29 bits per heavy atom. The standard InChI is InChI=1S/C17H19BClNO/c18-14-7-6-12(16(19)11-14)10-13-8-9-20(17(13)21)15-4-2-1-3-5-15/h1-2,6-7,11,13,15H,3-5,8-10H2. The normalized spacial score (nSPS) is 25.6. The first-order chi connectivity index (χ1) is 10.1. The van der Waals surface area contributed by atoms with Crippen LogP contribution < -0.4 is 5.46 Å². The van der Waals surface area contributed by atoms with E-state index < -0.39 is 0 Å². The second-order valence-electron chi connectivity index (χ2n) is 6.01. The molecule has 108 valence electrons. The zero-order valence-corrected chi connectivity index (χ0v) is 12.9. The van der Waals surface area contributed by atoms with Crippen LogP contribution in [0.4, 0.5) is 0 Å². The SMILES string of the molecule is [B]c1ccc(CC2CCN(C3CC=CCC3)C2=O)c(Cl)c1. The number of benzene rings is 1. The van der Waals surface area contributed by atoms with Gasteiger partial charge in [-0.15, -0.1) is 0 Å². The van der Waals surface area contributed by atoms with E-state index in [-0.39, 0.29) is 5.92 Å². The Hall–Kier alpha value is -1.22. The van der Waals surface area contributed by atoms with Crippen LogP contribution in [0.5, 0.6) is 0 Å². The summed E-state index contributed by atoms with van der Waals surface area (Å²) in [7, 11) is 5.72. The number of nitrogens with zero attached hydrogens (tertiary/aromatic N) is 1. The summed E-state index contributed by atoms with van der Waals surface area (Å²) >= 11 is 6.23. The average molecular weight is 300 g/mol. The van der Waals surface area contributed by atoms with Gasteiger partial charge in [0.25, 0.3) is 0 Å². The number of carbonyl (C=O) groups is 1. The van der Waals surface area contributed by atoms with Crippen molar-refractivity contribution in [3.8, 4) is 0 Å². The molecular formula is C17H19BClNO. The zero-order chi connectivity index (χ0) is 14.8. The molecule has 1 aromatic rings. The molecule has 2 aliphatic rings. The number of hydrogen-bond donors (Lipinski definition) is 0. The van der Waals surface area contributed by atoms with Gasteiger partial charge in [-0.3, -0.25) is 4.79 Å². The van der Waals surface area contributed by atoms with Gasteiger partial charge < -0.3 is 4.90 Å². The lowest BCUT2D eigenvalue weighted by molar-refractivity contribution is -0.133. The maximum atomic E-state index is 12.6. The highest BCUT2D eigenvalue weighted by molar-refractivity contribution is 6.36. The molecule has 1 saturated heterocycles. The number of rotatable bonds is 3. The minimum absolute atomic E-state index is 0.0667. The number of halogens is 1. The van der Waals surface area contributed by atoms with Crippen molar-refractivity contribution in [1.82, 2.24) is 4.90 Å². The molecule has 2 unspecified atom stereocenters. The maximum Gasteiger partial charge on any atom is 0.226 e. The van der Waals surface area contributed by atoms with E-state index in [0.29, 0.717) is 22.4 Å².